The first kappa shape index (κ1) is 35.1. The second-order valence-corrected chi connectivity index (χ2v) is 11.3. The molecule has 1 aliphatic heterocycles. The van der Waals surface area contributed by atoms with E-state index in [0.29, 0.717) is 48.4 Å². The monoisotopic (exact) mass is 637 g/mol. The fraction of sp³-hybridized carbons (Fsp3) is 0.385. The van der Waals surface area contributed by atoms with Crippen LogP contribution in [0.3, 0.4) is 0 Å². The van der Waals surface area contributed by atoms with E-state index in [9.17, 15) is 14.4 Å². The summed E-state index contributed by atoms with van der Waals surface area (Å²) in [4.78, 5) is 41.5. The van der Waals surface area contributed by atoms with Crippen molar-refractivity contribution in [2.75, 3.05) is 19.8 Å². The zero-order chi connectivity index (χ0) is 33.8. The zero-order valence-corrected chi connectivity index (χ0v) is 28.4. The molecule has 0 fully saturated rings. The van der Waals surface area contributed by atoms with Crippen LogP contribution >= 0.6 is 0 Å². The van der Waals surface area contributed by atoms with Crippen molar-refractivity contribution in [3.63, 3.8) is 0 Å². The third-order valence-corrected chi connectivity index (χ3v) is 8.16. The Morgan fingerprint density at radius 1 is 0.915 bits per heavy atom. The van der Waals surface area contributed by atoms with Gasteiger partial charge in [0, 0.05) is 29.8 Å². The maximum Gasteiger partial charge on any atom is 0.359 e. The molecule has 0 radical (unpaired) electrons. The average Bonchev–Trinajstić information content (AvgIpc) is 3.50. The minimum Gasteiger partial charge on any atom is -0.494 e. The van der Waals surface area contributed by atoms with Crippen LogP contribution in [-0.4, -0.2) is 52.6 Å². The number of hydrogen-bond acceptors (Lipinski definition) is 6. The largest absolute Gasteiger partial charge is 0.494 e. The fourth-order valence-electron chi connectivity index (χ4n) is 5.75. The van der Waals surface area contributed by atoms with Gasteiger partial charge in [0.2, 0.25) is 0 Å². The number of hydrogen-bond donors (Lipinski definition) is 0. The summed E-state index contributed by atoms with van der Waals surface area (Å²) in [6.07, 6.45) is 5.90. The summed E-state index contributed by atoms with van der Waals surface area (Å²) >= 11 is 0. The number of benzene rings is 3. The van der Waals surface area contributed by atoms with Gasteiger partial charge in [-0.05, 0) is 79.6 Å². The molecule has 47 heavy (non-hydrogen) atoms. The van der Waals surface area contributed by atoms with E-state index in [0.717, 1.165) is 61.1 Å². The Morgan fingerprint density at radius 2 is 1.64 bits per heavy atom. The summed E-state index contributed by atoms with van der Waals surface area (Å²) in [7, 11) is 0. The minimum atomic E-state index is -0.562. The molecule has 1 aromatic heterocycles. The highest BCUT2D eigenvalue weighted by Crippen LogP contribution is 2.36. The van der Waals surface area contributed by atoms with Crippen molar-refractivity contribution < 1.29 is 23.9 Å². The number of carbonyl (C=O) groups excluding carboxylic acids is 3. The Hall–Kier alpha value is -4.72. The van der Waals surface area contributed by atoms with Gasteiger partial charge in [0.1, 0.15) is 12.0 Å². The topological polar surface area (TPSA) is 90.7 Å². The molecule has 1 amide bonds. The highest BCUT2D eigenvalue weighted by Gasteiger charge is 2.31. The molecule has 3 aromatic carbocycles. The molecule has 0 N–H and O–H groups in total. The third-order valence-electron chi connectivity index (χ3n) is 8.16. The first-order chi connectivity index (χ1) is 23.0. The van der Waals surface area contributed by atoms with Gasteiger partial charge in [-0.2, -0.15) is 5.10 Å². The fourth-order valence-corrected chi connectivity index (χ4v) is 5.75. The van der Waals surface area contributed by atoms with E-state index in [1.165, 1.54) is 5.56 Å². The second kappa shape index (κ2) is 17.3. The van der Waals surface area contributed by atoms with Gasteiger partial charge in [-0.15, -0.1) is 0 Å². The zero-order valence-electron chi connectivity index (χ0n) is 28.4. The van der Waals surface area contributed by atoms with Gasteiger partial charge in [0.05, 0.1) is 24.6 Å². The molecule has 2 heterocycles. The summed E-state index contributed by atoms with van der Waals surface area (Å²) in [5.74, 6) is 0.00908. The van der Waals surface area contributed by atoms with Crippen molar-refractivity contribution in [2.24, 2.45) is 0 Å². The summed E-state index contributed by atoms with van der Waals surface area (Å²) in [5, 5.41) is 4.83. The van der Waals surface area contributed by atoms with E-state index < -0.39 is 5.97 Å². The van der Waals surface area contributed by atoms with E-state index in [4.69, 9.17) is 14.6 Å². The van der Waals surface area contributed by atoms with Crippen molar-refractivity contribution in [3.8, 4) is 22.6 Å². The van der Waals surface area contributed by atoms with E-state index in [1.807, 2.05) is 61.2 Å². The van der Waals surface area contributed by atoms with Gasteiger partial charge in [-0.1, -0.05) is 76.9 Å². The molecule has 248 valence electrons. The molecule has 0 bridgehead atoms. The van der Waals surface area contributed by atoms with Gasteiger partial charge in [0.25, 0.3) is 5.91 Å². The lowest BCUT2D eigenvalue weighted by Crippen LogP contribution is -2.36. The lowest BCUT2D eigenvalue weighted by molar-refractivity contribution is 0.0519. The number of rotatable bonds is 13. The lowest BCUT2D eigenvalue weighted by Gasteiger charge is -2.29. The number of nitrogens with zero attached hydrogens (tertiary/aromatic N) is 3. The van der Waals surface area contributed by atoms with Gasteiger partial charge in [-0.3, -0.25) is 9.59 Å². The summed E-state index contributed by atoms with van der Waals surface area (Å²) in [6, 6.07) is 20.9. The van der Waals surface area contributed by atoms with Crippen LogP contribution in [0.5, 0.6) is 5.75 Å². The Labute approximate surface area is 278 Å². The standard InChI is InChI=1S/C37H41N3O5.C2H6/c1-4-7-13-33-34(35(37(43)44-6-3)38-40(33)29-15-17-30(18-16-29)45-22-8-5-2)31-19-14-26(25-41)23-32(31)36(42)39-21-20-27-11-9-10-12-28(27)24-39;1-2/h9-12,14-19,23,25H,4-8,13,20-22,24H2,1-3H3;1-2H3. The van der Waals surface area contributed by atoms with E-state index >= 15 is 0 Å². The minimum absolute atomic E-state index is 0.142. The Kier molecular flexibility index (Phi) is 12.9. The van der Waals surface area contributed by atoms with Crippen molar-refractivity contribution in [1.82, 2.24) is 14.7 Å². The first-order valence-corrected chi connectivity index (χ1v) is 17.0. The number of aldehydes is 1. The molecule has 5 rings (SSSR count). The maximum absolute atomic E-state index is 14.3. The predicted octanol–water partition coefficient (Wildman–Crippen LogP) is 8.27. The average molecular weight is 638 g/mol. The first-order valence-electron chi connectivity index (χ1n) is 17.0. The highest BCUT2D eigenvalue weighted by atomic mass is 16.5. The molecule has 4 aromatic rings. The van der Waals surface area contributed by atoms with Crippen LogP contribution in [0.4, 0.5) is 0 Å². The van der Waals surface area contributed by atoms with Gasteiger partial charge < -0.3 is 14.4 Å². The third kappa shape index (κ3) is 8.17. The normalized spacial score (nSPS) is 12.1. The van der Waals surface area contributed by atoms with Crippen LogP contribution in [0.25, 0.3) is 16.8 Å². The summed E-state index contributed by atoms with van der Waals surface area (Å²) in [6.45, 7) is 11.8. The number of aromatic nitrogens is 2. The van der Waals surface area contributed by atoms with Crippen LogP contribution in [0.2, 0.25) is 0 Å². The lowest BCUT2D eigenvalue weighted by atomic mass is 9.92. The molecule has 0 saturated heterocycles. The Balaban J connectivity index is 0.00000245. The second-order valence-electron chi connectivity index (χ2n) is 11.3. The van der Waals surface area contributed by atoms with E-state index in [-0.39, 0.29) is 18.2 Å². The predicted molar refractivity (Wildman–Crippen MR) is 186 cm³/mol. The molecular weight excluding hydrogens is 590 g/mol. The summed E-state index contributed by atoms with van der Waals surface area (Å²) < 4.78 is 13.1. The quantitative estimate of drug-likeness (QED) is 0.0833. The number of ether oxygens (including phenoxy) is 2. The van der Waals surface area contributed by atoms with Crippen LogP contribution in [-0.2, 0) is 24.1 Å². The molecule has 0 saturated carbocycles. The van der Waals surface area contributed by atoms with Crippen molar-refractivity contribution >= 4 is 18.2 Å². The van der Waals surface area contributed by atoms with Crippen molar-refractivity contribution in [1.29, 1.82) is 0 Å². The SMILES string of the molecule is CC.CCCCOc1ccc(-n2nc(C(=O)OCC)c(-c3ccc(C=O)cc3C(=O)N3CCc4ccccc4C3)c2CCCC)cc1. The van der Waals surface area contributed by atoms with Crippen LogP contribution in [0.1, 0.15) is 108 Å². The molecular formula is C39H47N3O5. The molecule has 0 atom stereocenters. The van der Waals surface area contributed by atoms with Crippen molar-refractivity contribution in [3.05, 3.63) is 100 Å². The number of esters is 1. The molecule has 0 spiro atoms. The van der Waals surface area contributed by atoms with E-state index in [1.54, 1.807) is 29.8 Å². The molecule has 0 aliphatic carbocycles. The highest BCUT2D eigenvalue weighted by molar-refractivity contribution is 6.06. The van der Waals surface area contributed by atoms with Crippen LogP contribution in [0, 0.1) is 0 Å². The van der Waals surface area contributed by atoms with Crippen LogP contribution < -0.4 is 4.74 Å². The Morgan fingerprint density at radius 3 is 2.32 bits per heavy atom. The van der Waals surface area contributed by atoms with Crippen molar-refractivity contribution in [2.45, 2.75) is 79.7 Å². The molecule has 8 nitrogen and oxygen atoms in total. The number of carbonyl (C=O) groups is 3. The Bertz CT molecular complexity index is 1660. The maximum atomic E-state index is 14.3. The van der Waals surface area contributed by atoms with Gasteiger partial charge >= 0.3 is 5.97 Å². The van der Waals surface area contributed by atoms with Crippen LogP contribution in [0.15, 0.2) is 66.7 Å². The van der Waals surface area contributed by atoms with E-state index in [2.05, 4.69) is 19.9 Å². The summed E-state index contributed by atoms with van der Waals surface area (Å²) in [5.41, 5.74) is 5.92. The number of unbranched alkanes of at least 4 members (excludes halogenated alkanes) is 2. The molecule has 8 heteroatoms. The molecule has 1 aliphatic rings. The van der Waals surface area contributed by atoms with Gasteiger partial charge in [-0.25, -0.2) is 9.48 Å². The number of amides is 1. The van der Waals surface area contributed by atoms with Gasteiger partial charge in [0.15, 0.2) is 5.69 Å². The molecule has 0 unspecified atom stereocenters. The smallest absolute Gasteiger partial charge is 0.359 e. The number of fused-ring (bicyclic) bond motifs is 1.